The summed E-state index contributed by atoms with van der Waals surface area (Å²) in [5, 5.41) is 0. The molecular weight excluding hydrogens is 729 g/mol. The molecule has 2 atom stereocenters. The van der Waals surface area contributed by atoms with Gasteiger partial charge in [-0.25, -0.2) is 9.59 Å². The Morgan fingerprint density at radius 1 is 0.431 bits per heavy atom. The van der Waals surface area contributed by atoms with E-state index in [4.69, 9.17) is 28.4 Å². The Bertz CT molecular complexity index is 2150. The van der Waals surface area contributed by atoms with Crippen molar-refractivity contribution < 1.29 is 38.0 Å². The van der Waals surface area contributed by atoms with Crippen LogP contribution in [0.5, 0.6) is 23.0 Å². The fourth-order valence-electron chi connectivity index (χ4n) is 5.90. The van der Waals surface area contributed by atoms with Gasteiger partial charge in [-0.2, -0.15) is 0 Å². The summed E-state index contributed by atoms with van der Waals surface area (Å²) in [5.41, 5.74) is 6.13. The highest BCUT2D eigenvalue weighted by atomic mass is 16.6. The first-order valence-electron chi connectivity index (χ1n) is 19.0. The summed E-state index contributed by atoms with van der Waals surface area (Å²) in [4.78, 5) is 25.4. The second-order valence-corrected chi connectivity index (χ2v) is 13.6. The van der Waals surface area contributed by atoms with E-state index in [9.17, 15) is 9.59 Å². The van der Waals surface area contributed by atoms with E-state index < -0.39 is 24.1 Å². The Morgan fingerprint density at radius 3 is 1.17 bits per heavy atom. The summed E-state index contributed by atoms with van der Waals surface area (Å²) in [6, 6.07) is 50.5. The van der Waals surface area contributed by atoms with Gasteiger partial charge in [0.2, 0.25) is 0 Å². The lowest BCUT2D eigenvalue weighted by molar-refractivity contribution is -0.148. The summed E-state index contributed by atoms with van der Waals surface area (Å²) in [7, 11) is 0. The topological polar surface area (TPSA) is 89.5 Å². The lowest BCUT2D eigenvalue weighted by Crippen LogP contribution is -2.31. The Hall–Kier alpha value is -7.06. The van der Waals surface area contributed by atoms with Crippen LogP contribution >= 0.6 is 0 Å². The lowest BCUT2D eigenvalue weighted by Gasteiger charge is -2.22. The van der Waals surface area contributed by atoms with Gasteiger partial charge in [0.1, 0.15) is 49.4 Å². The molecule has 0 aliphatic rings. The number of carbonyl (C=O) groups excluding carboxylic acids is 2. The first-order valence-corrected chi connectivity index (χ1v) is 19.0. The van der Waals surface area contributed by atoms with Gasteiger partial charge >= 0.3 is 11.9 Å². The molecule has 6 rings (SSSR count). The molecule has 0 spiro atoms. The molecule has 6 aromatic carbocycles. The molecule has 0 heterocycles. The average Bonchev–Trinajstić information content (AvgIpc) is 3.26. The molecule has 8 nitrogen and oxygen atoms in total. The SMILES string of the molecule is C=C(C)C(=O)OC(COc1cccc(-c2ccccc2)c1)COc1ccccc1-c1ccccc1OCC(COc1cccc(-c2ccccc2)c1)OC(=O)C(=C)C. The minimum atomic E-state index is -0.763. The molecule has 8 heteroatoms. The second kappa shape index (κ2) is 20.2. The second-order valence-electron chi connectivity index (χ2n) is 13.6. The Labute approximate surface area is 339 Å². The fraction of sp³-hybridized carbons (Fsp3) is 0.160. The van der Waals surface area contributed by atoms with Crippen molar-refractivity contribution in [3.8, 4) is 56.4 Å². The number of benzene rings is 6. The van der Waals surface area contributed by atoms with Gasteiger partial charge in [0.25, 0.3) is 0 Å². The van der Waals surface area contributed by atoms with Crippen LogP contribution in [-0.4, -0.2) is 50.6 Å². The highest BCUT2D eigenvalue weighted by Gasteiger charge is 2.21. The molecule has 2 unspecified atom stereocenters. The van der Waals surface area contributed by atoms with E-state index >= 15 is 0 Å². The van der Waals surface area contributed by atoms with Gasteiger partial charge in [-0.1, -0.05) is 134 Å². The zero-order valence-corrected chi connectivity index (χ0v) is 32.7. The molecule has 0 radical (unpaired) electrons. The normalized spacial score (nSPS) is 11.7. The van der Waals surface area contributed by atoms with Crippen LogP contribution in [0, 0.1) is 0 Å². The smallest absolute Gasteiger partial charge is 0.333 e. The third-order valence-electron chi connectivity index (χ3n) is 8.91. The maximum Gasteiger partial charge on any atom is 0.333 e. The number of hydrogen-bond donors (Lipinski definition) is 0. The van der Waals surface area contributed by atoms with Gasteiger partial charge < -0.3 is 28.4 Å². The predicted molar refractivity (Wildman–Crippen MR) is 227 cm³/mol. The number of ether oxygens (including phenoxy) is 6. The van der Waals surface area contributed by atoms with Gasteiger partial charge in [-0.15, -0.1) is 0 Å². The molecule has 0 bridgehead atoms. The van der Waals surface area contributed by atoms with Crippen LogP contribution in [-0.2, 0) is 19.1 Å². The van der Waals surface area contributed by atoms with E-state index in [1.54, 1.807) is 13.8 Å². The standard InChI is InChI=1S/C50H46O8/c1-35(2)49(51)57-43(31-53-41-23-15-21-39(29-41)37-17-7-5-8-18-37)33-55-47-27-13-11-25-45(47)46-26-12-14-28-48(46)56-34-44(58-50(52)36(3)4)32-54-42-24-16-22-40(30-42)38-19-9-6-10-20-38/h5-30,43-44H,1,3,31-34H2,2,4H3. The third kappa shape index (κ3) is 11.5. The van der Waals surface area contributed by atoms with E-state index in [1.807, 2.05) is 158 Å². The monoisotopic (exact) mass is 774 g/mol. The number of carbonyl (C=O) groups is 2. The molecule has 0 saturated heterocycles. The Morgan fingerprint density at radius 2 is 0.776 bits per heavy atom. The Balaban J connectivity index is 1.15. The third-order valence-corrected chi connectivity index (χ3v) is 8.91. The fourth-order valence-corrected chi connectivity index (χ4v) is 5.90. The van der Waals surface area contributed by atoms with Crippen LogP contribution in [0.15, 0.2) is 182 Å². The summed E-state index contributed by atoms with van der Waals surface area (Å²) in [6.07, 6.45) is -1.53. The number of rotatable bonds is 19. The van der Waals surface area contributed by atoms with Crippen LogP contribution < -0.4 is 18.9 Å². The van der Waals surface area contributed by atoms with Crippen LogP contribution in [0.2, 0.25) is 0 Å². The van der Waals surface area contributed by atoms with E-state index in [-0.39, 0.29) is 37.6 Å². The quantitative estimate of drug-likeness (QED) is 0.0594. The molecule has 0 aromatic heterocycles. The van der Waals surface area contributed by atoms with Crippen LogP contribution in [0.25, 0.3) is 33.4 Å². The van der Waals surface area contributed by atoms with E-state index in [0.29, 0.717) is 23.0 Å². The molecule has 0 N–H and O–H groups in total. The van der Waals surface area contributed by atoms with Crippen LogP contribution in [0.3, 0.4) is 0 Å². The number of para-hydroxylation sites is 2. The van der Waals surface area contributed by atoms with Crippen molar-refractivity contribution in [2.24, 2.45) is 0 Å². The first kappa shape index (κ1) is 40.6. The van der Waals surface area contributed by atoms with Gasteiger partial charge in [-0.05, 0) is 72.5 Å². The number of hydrogen-bond acceptors (Lipinski definition) is 8. The van der Waals surface area contributed by atoms with Crippen molar-refractivity contribution >= 4 is 11.9 Å². The molecular formula is C50H46O8. The van der Waals surface area contributed by atoms with Crippen molar-refractivity contribution in [1.82, 2.24) is 0 Å². The van der Waals surface area contributed by atoms with E-state index in [1.165, 1.54) is 0 Å². The lowest BCUT2D eigenvalue weighted by atomic mass is 10.0. The highest BCUT2D eigenvalue weighted by molar-refractivity contribution is 5.87. The number of esters is 2. The first-order chi connectivity index (χ1) is 28.2. The molecule has 58 heavy (non-hydrogen) atoms. The van der Waals surface area contributed by atoms with Crippen molar-refractivity contribution in [3.05, 3.63) is 182 Å². The predicted octanol–water partition coefficient (Wildman–Crippen LogP) is 10.6. The molecule has 294 valence electrons. The van der Waals surface area contributed by atoms with Crippen LogP contribution in [0.1, 0.15) is 13.8 Å². The summed E-state index contributed by atoms with van der Waals surface area (Å²) in [6.45, 7) is 10.8. The summed E-state index contributed by atoms with van der Waals surface area (Å²) >= 11 is 0. The molecule has 6 aromatic rings. The van der Waals surface area contributed by atoms with Crippen molar-refractivity contribution in [2.45, 2.75) is 26.1 Å². The summed E-state index contributed by atoms with van der Waals surface area (Å²) < 4.78 is 36.5. The van der Waals surface area contributed by atoms with Gasteiger partial charge in [0.05, 0.1) is 0 Å². The van der Waals surface area contributed by atoms with Crippen molar-refractivity contribution in [2.75, 3.05) is 26.4 Å². The maximum atomic E-state index is 12.7. The van der Waals surface area contributed by atoms with Crippen molar-refractivity contribution in [3.63, 3.8) is 0 Å². The van der Waals surface area contributed by atoms with Gasteiger partial charge in [0, 0.05) is 22.3 Å². The zero-order chi connectivity index (χ0) is 40.7. The van der Waals surface area contributed by atoms with Crippen molar-refractivity contribution in [1.29, 1.82) is 0 Å². The highest BCUT2D eigenvalue weighted by Crippen LogP contribution is 2.37. The van der Waals surface area contributed by atoms with Crippen LogP contribution in [0.4, 0.5) is 0 Å². The molecule has 0 fully saturated rings. The Kier molecular flexibility index (Phi) is 14.1. The largest absolute Gasteiger partial charge is 0.490 e. The summed E-state index contributed by atoms with van der Waals surface area (Å²) in [5.74, 6) is 1.24. The molecule has 0 saturated carbocycles. The van der Waals surface area contributed by atoms with E-state index in [0.717, 1.165) is 33.4 Å². The van der Waals surface area contributed by atoms with Gasteiger partial charge in [0.15, 0.2) is 12.2 Å². The minimum Gasteiger partial charge on any atom is -0.490 e. The molecule has 0 amide bonds. The van der Waals surface area contributed by atoms with E-state index in [2.05, 4.69) is 13.2 Å². The minimum absolute atomic E-state index is 0.000819. The average molecular weight is 775 g/mol. The molecule has 0 aliphatic heterocycles. The molecule has 0 aliphatic carbocycles. The zero-order valence-electron chi connectivity index (χ0n) is 32.7. The maximum absolute atomic E-state index is 12.7. The van der Waals surface area contributed by atoms with Gasteiger partial charge in [-0.3, -0.25) is 0 Å².